The SMILES string of the molecule is NC(=S)NNC(=O)c1ccc2c(c1)CCC2. The first-order valence-electron chi connectivity index (χ1n) is 5.14. The first-order chi connectivity index (χ1) is 7.66. The number of fused-ring (bicyclic) bond motifs is 1. The van der Waals surface area contributed by atoms with Gasteiger partial charge in [0.05, 0.1) is 0 Å². The van der Waals surface area contributed by atoms with Gasteiger partial charge < -0.3 is 5.73 Å². The molecule has 0 unspecified atom stereocenters. The predicted octanol–water partition coefficient (Wildman–Crippen LogP) is 0.653. The molecule has 16 heavy (non-hydrogen) atoms. The minimum Gasteiger partial charge on any atom is -0.375 e. The van der Waals surface area contributed by atoms with E-state index in [0.717, 1.165) is 12.8 Å². The Kier molecular flexibility index (Phi) is 3.05. The van der Waals surface area contributed by atoms with Gasteiger partial charge in [0.25, 0.3) is 5.91 Å². The van der Waals surface area contributed by atoms with Crippen LogP contribution in [-0.4, -0.2) is 11.0 Å². The summed E-state index contributed by atoms with van der Waals surface area (Å²) >= 11 is 4.60. The van der Waals surface area contributed by atoms with E-state index < -0.39 is 0 Å². The van der Waals surface area contributed by atoms with Crippen molar-refractivity contribution < 1.29 is 4.79 Å². The molecule has 0 spiro atoms. The summed E-state index contributed by atoms with van der Waals surface area (Å²) in [5.41, 5.74) is 13.3. The largest absolute Gasteiger partial charge is 0.375 e. The molecule has 0 aromatic heterocycles. The van der Waals surface area contributed by atoms with Crippen molar-refractivity contribution >= 4 is 23.2 Å². The van der Waals surface area contributed by atoms with Gasteiger partial charge in [0.15, 0.2) is 5.11 Å². The maximum atomic E-state index is 11.7. The third-order valence-corrected chi connectivity index (χ3v) is 2.76. The Morgan fingerprint density at radius 1 is 1.25 bits per heavy atom. The molecule has 4 nitrogen and oxygen atoms in total. The van der Waals surface area contributed by atoms with Crippen LogP contribution in [0.3, 0.4) is 0 Å². The zero-order valence-corrected chi connectivity index (χ0v) is 9.56. The fourth-order valence-corrected chi connectivity index (χ4v) is 1.95. The quantitative estimate of drug-likeness (QED) is 0.494. The Morgan fingerprint density at radius 2 is 2.00 bits per heavy atom. The molecule has 4 N–H and O–H groups in total. The van der Waals surface area contributed by atoms with E-state index in [4.69, 9.17) is 5.73 Å². The molecule has 1 aliphatic rings. The number of benzene rings is 1. The Morgan fingerprint density at radius 3 is 2.75 bits per heavy atom. The van der Waals surface area contributed by atoms with Crippen LogP contribution in [0.2, 0.25) is 0 Å². The summed E-state index contributed by atoms with van der Waals surface area (Å²) < 4.78 is 0. The van der Waals surface area contributed by atoms with Gasteiger partial charge in [0, 0.05) is 5.56 Å². The van der Waals surface area contributed by atoms with Gasteiger partial charge in [-0.15, -0.1) is 0 Å². The molecule has 0 heterocycles. The lowest BCUT2D eigenvalue weighted by Gasteiger charge is -2.07. The third kappa shape index (κ3) is 2.30. The number of hydrogen-bond donors (Lipinski definition) is 3. The van der Waals surface area contributed by atoms with Gasteiger partial charge in [-0.1, -0.05) is 6.07 Å². The summed E-state index contributed by atoms with van der Waals surface area (Å²) in [6, 6.07) is 5.76. The molecule has 1 amide bonds. The topological polar surface area (TPSA) is 67.2 Å². The van der Waals surface area contributed by atoms with Gasteiger partial charge in [-0.3, -0.25) is 15.6 Å². The smallest absolute Gasteiger partial charge is 0.269 e. The van der Waals surface area contributed by atoms with Crippen LogP contribution >= 0.6 is 12.2 Å². The fraction of sp³-hybridized carbons (Fsp3) is 0.273. The molecule has 0 bridgehead atoms. The molecular formula is C11H13N3OS. The lowest BCUT2D eigenvalue weighted by atomic mass is 10.1. The Balaban J connectivity index is 2.09. The van der Waals surface area contributed by atoms with Crippen molar-refractivity contribution in [2.75, 3.05) is 0 Å². The maximum Gasteiger partial charge on any atom is 0.269 e. The van der Waals surface area contributed by atoms with E-state index in [2.05, 4.69) is 23.1 Å². The number of nitrogens with one attached hydrogen (secondary N) is 2. The van der Waals surface area contributed by atoms with Crippen LogP contribution in [-0.2, 0) is 12.8 Å². The highest BCUT2D eigenvalue weighted by Gasteiger charge is 2.13. The number of carbonyl (C=O) groups excluding carboxylic acids is 1. The number of hydrogen-bond acceptors (Lipinski definition) is 2. The monoisotopic (exact) mass is 235 g/mol. The third-order valence-electron chi connectivity index (χ3n) is 2.66. The number of nitrogens with two attached hydrogens (primary N) is 1. The summed E-state index contributed by atoms with van der Waals surface area (Å²) in [7, 11) is 0. The first kappa shape index (κ1) is 10.9. The van der Waals surface area contributed by atoms with Gasteiger partial charge in [0.2, 0.25) is 0 Å². The zero-order chi connectivity index (χ0) is 11.5. The summed E-state index contributed by atoms with van der Waals surface area (Å²) in [5, 5.41) is 0.0505. The second-order valence-corrected chi connectivity index (χ2v) is 4.22. The van der Waals surface area contributed by atoms with Crippen molar-refractivity contribution in [1.29, 1.82) is 0 Å². The van der Waals surface area contributed by atoms with E-state index in [1.165, 1.54) is 17.5 Å². The number of rotatable bonds is 1. The average molecular weight is 235 g/mol. The normalized spacial score (nSPS) is 13.0. The molecule has 1 aromatic rings. The van der Waals surface area contributed by atoms with E-state index in [0.29, 0.717) is 5.56 Å². The van der Waals surface area contributed by atoms with Gasteiger partial charge in [0.1, 0.15) is 0 Å². The number of amides is 1. The summed E-state index contributed by atoms with van der Waals surface area (Å²) in [6.07, 6.45) is 3.34. The second kappa shape index (κ2) is 4.49. The van der Waals surface area contributed by atoms with Crippen molar-refractivity contribution in [1.82, 2.24) is 10.9 Å². The van der Waals surface area contributed by atoms with Crippen LogP contribution in [0.25, 0.3) is 0 Å². The lowest BCUT2D eigenvalue weighted by molar-refractivity contribution is 0.0944. The molecule has 0 aliphatic heterocycles. The van der Waals surface area contributed by atoms with E-state index >= 15 is 0 Å². The van der Waals surface area contributed by atoms with Gasteiger partial charge in [-0.25, -0.2) is 0 Å². The number of carbonyl (C=O) groups is 1. The minimum atomic E-state index is -0.220. The highest BCUT2D eigenvalue weighted by molar-refractivity contribution is 7.80. The number of thiocarbonyl (C=S) groups is 1. The summed E-state index contributed by atoms with van der Waals surface area (Å²) in [5.74, 6) is -0.220. The molecule has 0 saturated carbocycles. The summed E-state index contributed by atoms with van der Waals surface area (Å²) in [4.78, 5) is 11.7. The zero-order valence-electron chi connectivity index (χ0n) is 8.75. The average Bonchev–Trinajstić information content (AvgIpc) is 2.72. The molecule has 2 rings (SSSR count). The van der Waals surface area contributed by atoms with Crippen molar-refractivity contribution in [2.24, 2.45) is 5.73 Å². The number of hydrazine groups is 1. The Hall–Kier alpha value is -1.62. The van der Waals surface area contributed by atoms with E-state index in [1.54, 1.807) is 0 Å². The van der Waals surface area contributed by atoms with E-state index in [1.807, 2.05) is 18.2 Å². The highest BCUT2D eigenvalue weighted by atomic mass is 32.1. The molecular weight excluding hydrogens is 222 g/mol. The van der Waals surface area contributed by atoms with Crippen LogP contribution in [0.15, 0.2) is 18.2 Å². The van der Waals surface area contributed by atoms with Crippen LogP contribution in [0.5, 0.6) is 0 Å². The van der Waals surface area contributed by atoms with Crippen molar-refractivity contribution in [3.63, 3.8) is 0 Å². The van der Waals surface area contributed by atoms with Gasteiger partial charge >= 0.3 is 0 Å². The van der Waals surface area contributed by atoms with Crippen LogP contribution in [0, 0.1) is 0 Å². The maximum absolute atomic E-state index is 11.7. The number of aryl methyl sites for hydroxylation is 2. The molecule has 0 atom stereocenters. The van der Waals surface area contributed by atoms with Crippen molar-refractivity contribution in [3.8, 4) is 0 Å². The summed E-state index contributed by atoms with van der Waals surface area (Å²) in [6.45, 7) is 0. The fourth-order valence-electron chi connectivity index (χ4n) is 1.90. The minimum absolute atomic E-state index is 0.0505. The molecule has 84 valence electrons. The second-order valence-electron chi connectivity index (χ2n) is 3.78. The Labute approximate surface area is 99.2 Å². The van der Waals surface area contributed by atoms with Crippen molar-refractivity contribution in [3.05, 3.63) is 34.9 Å². The van der Waals surface area contributed by atoms with Crippen LogP contribution in [0.1, 0.15) is 27.9 Å². The van der Waals surface area contributed by atoms with Crippen molar-refractivity contribution in [2.45, 2.75) is 19.3 Å². The standard InChI is InChI=1S/C11H13N3OS/c12-11(16)14-13-10(15)9-5-4-7-2-1-3-8(7)6-9/h4-6H,1-3H2,(H,13,15)(H3,12,14,16). The molecule has 0 fully saturated rings. The molecule has 0 radical (unpaired) electrons. The predicted molar refractivity (Wildman–Crippen MR) is 65.9 cm³/mol. The first-order valence-corrected chi connectivity index (χ1v) is 5.55. The van der Waals surface area contributed by atoms with Gasteiger partial charge in [-0.05, 0) is 54.7 Å². The molecule has 0 saturated heterocycles. The van der Waals surface area contributed by atoms with Crippen LogP contribution in [0.4, 0.5) is 0 Å². The molecule has 1 aliphatic carbocycles. The van der Waals surface area contributed by atoms with E-state index in [9.17, 15) is 4.79 Å². The Bertz CT molecular complexity index is 445. The molecule has 1 aromatic carbocycles. The lowest BCUT2D eigenvalue weighted by Crippen LogP contribution is -2.44. The van der Waals surface area contributed by atoms with Crippen LogP contribution < -0.4 is 16.6 Å². The van der Waals surface area contributed by atoms with Gasteiger partial charge in [-0.2, -0.15) is 0 Å². The van der Waals surface area contributed by atoms with E-state index in [-0.39, 0.29) is 11.0 Å². The highest BCUT2D eigenvalue weighted by Crippen LogP contribution is 2.22. The molecule has 5 heteroatoms.